The highest BCUT2D eigenvalue weighted by atomic mass is 16.3. The van der Waals surface area contributed by atoms with E-state index in [9.17, 15) is 19.2 Å². The van der Waals surface area contributed by atoms with Gasteiger partial charge in [0.2, 0.25) is 5.95 Å². The van der Waals surface area contributed by atoms with E-state index >= 15 is 0 Å². The highest BCUT2D eigenvalue weighted by Gasteiger charge is 2.03. The molecule has 0 saturated carbocycles. The predicted molar refractivity (Wildman–Crippen MR) is 148 cm³/mol. The minimum atomic E-state index is -0.547. The Morgan fingerprint density at radius 2 is 1.31 bits per heavy atom. The van der Waals surface area contributed by atoms with Crippen molar-refractivity contribution in [2.24, 2.45) is 0 Å². The molecule has 22 heteroatoms. The van der Waals surface area contributed by atoms with Gasteiger partial charge < -0.3 is 42.2 Å². The number of H-pyrrole nitrogens is 7. The fourth-order valence-electron chi connectivity index (χ4n) is 3.08. The molecule has 0 aliphatic heterocycles. The van der Waals surface area contributed by atoms with Gasteiger partial charge in [0.1, 0.15) is 16.9 Å². The molecule has 0 aliphatic carbocycles. The number of nitrogens with two attached hydrogens (primary N) is 3. The maximum absolute atomic E-state index is 10.9. The van der Waals surface area contributed by atoms with Crippen LogP contribution in [0.2, 0.25) is 0 Å². The lowest BCUT2D eigenvalue weighted by Crippen LogP contribution is -2.21. The normalized spacial score (nSPS) is 10.3. The number of fused-ring (bicyclic) bond motifs is 3. The van der Waals surface area contributed by atoms with Crippen LogP contribution < -0.4 is 39.7 Å². The number of nitrogen functional groups attached to an aromatic ring is 3. The van der Waals surface area contributed by atoms with Gasteiger partial charge in [-0.25, -0.2) is 34.5 Å². The van der Waals surface area contributed by atoms with E-state index < -0.39 is 16.9 Å². The minimum absolute atomic E-state index is 0.141. The van der Waals surface area contributed by atoms with Crippen LogP contribution in [0.4, 0.5) is 17.6 Å². The number of rotatable bonds is 1. The molecule has 0 atom stereocenters. The molecule has 0 aromatic carbocycles. The molecule has 0 unspecified atom stereocenters. The van der Waals surface area contributed by atoms with Gasteiger partial charge in [-0.15, -0.1) is 0 Å². The molecule has 22 nitrogen and oxygen atoms in total. The van der Waals surface area contributed by atoms with Crippen molar-refractivity contribution in [2.75, 3.05) is 17.2 Å². The summed E-state index contributed by atoms with van der Waals surface area (Å²) in [6.45, 7) is -0.213. The van der Waals surface area contributed by atoms with Gasteiger partial charge in [-0.2, -0.15) is 9.97 Å². The molecule has 0 aliphatic rings. The van der Waals surface area contributed by atoms with E-state index in [1.54, 1.807) is 0 Å². The Morgan fingerprint density at radius 1 is 0.667 bits per heavy atom. The number of nitrogens with zero attached hydrogens (tertiary/aromatic N) is 7. The SMILES string of the molecule is Nc1[nH]c(=O)ncc1CO.Nc1nc(N)c2[nH]cnc2n1.O=c1[nH]c(=O)c2[nH]cnc2[nH]1.O=c1[nH]cnc2nc[nH]c12. The number of anilines is 3. The standard InChI is InChI=1S/C5H6N6.C5H4N4O2.C5H4N4O.C5H7N3O2/c6-3-2-4(9-1-8-2)11-5(7)10-3;10-4-2-3(7-1-6-2)8-5(11)9-4;10-5-3-4(7-1-6-3)8-2-9-5;6-4-3(2-9)1-7-5(10)8-4/h1H,(H5,6,7,8,9,10,11);1H,(H3,6,7,8,9,10,11);1-2H,(H2,6,7,8,9,10);1,9H,2H2,(H3,6,7,8,10). The van der Waals surface area contributed by atoms with Crippen molar-refractivity contribution in [1.29, 1.82) is 0 Å². The molecule has 7 rings (SSSR count). The van der Waals surface area contributed by atoms with Crippen LogP contribution in [0.25, 0.3) is 33.5 Å². The molecule has 0 saturated heterocycles. The van der Waals surface area contributed by atoms with E-state index in [1.165, 1.54) is 31.5 Å². The first-order chi connectivity index (χ1) is 20.2. The van der Waals surface area contributed by atoms with Crippen LogP contribution in [0.5, 0.6) is 0 Å². The fraction of sp³-hybridized carbons (Fsp3) is 0.0500. The van der Waals surface area contributed by atoms with Crippen LogP contribution in [0.15, 0.2) is 50.7 Å². The minimum Gasteiger partial charge on any atom is -0.391 e. The first-order valence-electron chi connectivity index (χ1n) is 11.3. The third-order valence-electron chi connectivity index (χ3n) is 4.98. The van der Waals surface area contributed by atoms with Gasteiger partial charge in [0.25, 0.3) is 11.1 Å². The van der Waals surface area contributed by atoms with Crippen molar-refractivity contribution in [3.63, 3.8) is 0 Å². The van der Waals surface area contributed by atoms with Gasteiger partial charge in [-0.05, 0) is 0 Å². The molecule has 0 bridgehead atoms. The summed E-state index contributed by atoms with van der Waals surface area (Å²) in [4.78, 5) is 86.1. The lowest BCUT2D eigenvalue weighted by molar-refractivity contribution is 0.281. The Labute approximate surface area is 229 Å². The third kappa shape index (κ3) is 6.64. The van der Waals surface area contributed by atoms with E-state index in [4.69, 9.17) is 22.3 Å². The molecule has 7 heterocycles. The number of aliphatic hydroxyl groups excluding tert-OH is 1. The molecular weight excluding hydrogens is 558 g/mol. The smallest absolute Gasteiger partial charge is 0.346 e. The van der Waals surface area contributed by atoms with Crippen LogP contribution in [0.1, 0.15) is 5.56 Å². The number of aliphatic hydroxyl groups is 1. The van der Waals surface area contributed by atoms with Crippen LogP contribution >= 0.6 is 0 Å². The average molecular weight is 580 g/mol. The maximum Gasteiger partial charge on any atom is 0.346 e. The summed E-state index contributed by atoms with van der Waals surface area (Å²) in [6, 6.07) is 0. The van der Waals surface area contributed by atoms with Crippen LogP contribution in [-0.4, -0.2) is 74.9 Å². The Balaban J connectivity index is 0.000000129. The predicted octanol–water partition coefficient (Wildman–Crippen LogP) is -3.05. The summed E-state index contributed by atoms with van der Waals surface area (Å²) >= 11 is 0. The zero-order valence-corrected chi connectivity index (χ0v) is 21.0. The van der Waals surface area contributed by atoms with Crippen molar-refractivity contribution < 1.29 is 5.11 Å². The molecule has 7 aromatic heterocycles. The molecule has 0 fully saturated rings. The quantitative estimate of drug-likeness (QED) is 0.0919. The van der Waals surface area contributed by atoms with Crippen LogP contribution in [0.3, 0.4) is 0 Å². The Bertz CT molecular complexity index is 2180. The zero-order valence-electron chi connectivity index (χ0n) is 21.0. The van der Waals surface area contributed by atoms with Gasteiger partial charge in [0.05, 0.1) is 31.9 Å². The van der Waals surface area contributed by atoms with Crippen molar-refractivity contribution in [1.82, 2.24) is 69.8 Å². The monoisotopic (exact) mass is 579 g/mol. The average Bonchev–Trinajstić information content (AvgIpc) is 3.71. The van der Waals surface area contributed by atoms with Gasteiger partial charge >= 0.3 is 11.4 Å². The van der Waals surface area contributed by atoms with Crippen molar-refractivity contribution >= 4 is 51.1 Å². The molecule has 42 heavy (non-hydrogen) atoms. The van der Waals surface area contributed by atoms with E-state index in [0.29, 0.717) is 33.7 Å². The zero-order chi connectivity index (χ0) is 30.2. The first-order valence-corrected chi connectivity index (χ1v) is 11.3. The van der Waals surface area contributed by atoms with Gasteiger partial charge in [-0.1, -0.05) is 0 Å². The second-order valence-corrected chi connectivity index (χ2v) is 7.72. The first kappa shape index (κ1) is 28.3. The van der Waals surface area contributed by atoms with Crippen LogP contribution in [-0.2, 0) is 6.61 Å². The Kier molecular flexibility index (Phi) is 8.38. The summed E-state index contributed by atoms with van der Waals surface area (Å²) in [5.41, 5.74) is 17.4. The maximum atomic E-state index is 10.9. The van der Waals surface area contributed by atoms with E-state index in [-0.39, 0.29) is 35.1 Å². The molecule has 0 spiro atoms. The van der Waals surface area contributed by atoms with E-state index in [1.807, 2.05) is 0 Å². The number of aromatic amines is 7. The van der Waals surface area contributed by atoms with E-state index in [0.717, 1.165) is 0 Å². The molecular formula is C20H21N17O5. The molecule has 7 aromatic rings. The van der Waals surface area contributed by atoms with Crippen LogP contribution in [0, 0.1) is 0 Å². The number of imidazole rings is 3. The topological polar surface area (TPSA) is 367 Å². The molecule has 0 amide bonds. The lowest BCUT2D eigenvalue weighted by Gasteiger charge is -1.97. The fourth-order valence-corrected chi connectivity index (χ4v) is 3.08. The van der Waals surface area contributed by atoms with Gasteiger partial charge in [-0.3, -0.25) is 24.5 Å². The highest BCUT2D eigenvalue weighted by Crippen LogP contribution is 2.12. The number of hydrogen-bond acceptors (Lipinski definition) is 15. The molecule has 14 N–H and O–H groups in total. The second kappa shape index (κ2) is 12.4. The summed E-state index contributed by atoms with van der Waals surface area (Å²) in [7, 11) is 0. The van der Waals surface area contributed by atoms with Crippen molar-refractivity contribution in [3.05, 3.63) is 78.7 Å². The molecule has 216 valence electrons. The number of nitrogens with one attached hydrogen (secondary N) is 7. The lowest BCUT2D eigenvalue weighted by atomic mass is 10.3. The summed E-state index contributed by atoms with van der Waals surface area (Å²) in [5, 5.41) is 8.57. The Morgan fingerprint density at radius 3 is 2.00 bits per heavy atom. The van der Waals surface area contributed by atoms with E-state index in [2.05, 4.69) is 69.8 Å². The third-order valence-corrected chi connectivity index (χ3v) is 4.98. The summed E-state index contributed by atoms with van der Waals surface area (Å²) in [5.74, 6) is 0.634. The van der Waals surface area contributed by atoms with Crippen molar-refractivity contribution in [3.8, 4) is 0 Å². The van der Waals surface area contributed by atoms with Gasteiger partial charge in [0.15, 0.2) is 28.3 Å². The van der Waals surface area contributed by atoms with Gasteiger partial charge in [0, 0.05) is 11.8 Å². The number of hydrogen-bond donors (Lipinski definition) is 11. The summed E-state index contributed by atoms with van der Waals surface area (Å²) < 4.78 is 0. The largest absolute Gasteiger partial charge is 0.391 e. The highest BCUT2D eigenvalue weighted by molar-refractivity contribution is 5.81. The summed E-state index contributed by atoms with van der Waals surface area (Å²) in [6.07, 6.45) is 6.84. The Hall–Kier alpha value is -6.71. The number of aromatic nitrogens is 14. The second-order valence-electron chi connectivity index (χ2n) is 7.72. The van der Waals surface area contributed by atoms with Crippen molar-refractivity contribution in [2.45, 2.75) is 6.61 Å². The molecule has 0 radical (unpaired) electrons.